The van der Waals surface area contributed by atoms with Crippen molar-refractivity contribution in [3.63, 3.8) is 0 Å². The molecule has 1 heterocycles. The predicted octanol–water partition coefficient (Wildman–Crippen LogP) is 3.60. The summed E-state index contributed by atoms with van der Waals surface area (Å²) >= 11 is 0. The predicted molar refractivity (Wildman–Crippen MR) is 80.6 cm³/mol. The molecule has 0 radical (unpaired) electrons. The second-order valence-corrected chi connectivity index (χ2v) is 5.52. The average molecular weight is 262 g/mol. The fraction of sp³-hybridized carbons (Fsp3) is 0.733. The lowest BCUT2D eigenvalue weighted by Gasteiger charge is -2.28. The van der Waals surface area contributed by atoms with Crippen LogP contribution >= 0.6 is 0 Å². The normalized spacial score (nSPS) is 23.1. The maximum Gasteiger partial charge on any atom is 0.224 e. The Hall–Kier alpha value is -1.32. The molecule has 0 unspecified atom stereocenters. The van der Waals surface area contributed by atoms with Gasteiger partial charge in [-0.2, -0.15) is 4.98 Å². The highest BCUT2D eigenvalue weighted by molar-refractivity contribution is 5.42. The van der Waals surface area contributed by atoms with E-state index in [-0.39, 0.29) is 0 Å². The first-order chi connectivity index (χ1) is 9.21. The van der Waals surface area contributed by atoms with Crippen molar-refractivity contribution in [1.82, 2.24) is 9.97 Å². The Morgan fingerprint density at radius 2 is 1.89 bits per heavy atom. The summed E-state index contributed by atoms with van der Waals surface area (Å²) in [4.78, 5) is 8.90. The Morgan fingerprint density at radius 1 is 1.16 bits per heavy atom. The maximum absolute atomic E-state index is 4.52. The Labute approximate surface area is 116 Å². The Balaban J connectivity index is 1.95. The van der Waals surface area contributed by atoms with Crippen LogP contribution in [0.4, 0.5) is 11.8 Å². The van der Waals surface area contributed by atoms with Gasteiger partial charge in [-0.25, -0.2) is 4.98 Å². The van der Waals surface area contributed by atoms with Gasteiger partial charge in [0.25, 0.3) is 0 Å². The molecule has 19 heavy (non-hydrogen) atoms. The van der Waals surface area contributed by atoms with Crippen LogP contribution in [0.5, 0.6) is 0 Å². The highest BCUT2D eigenvalue weighted by atomic mass is 15.1. The third-order valence-corrected chi connectivity index (χ3v) is 3.97. The molecule has 0 bridgehead atoms. The monoisotopic (exact) mass is 262 g/mol. The van der Waals surface area contributed by atoms with E-state index in [0.29, 0.717) is 6.04 Å². The van der Waals surface area contributed by atoms with Crippen molar-refractivity contribution in [2.24, 2.45) is 5.92 Å². The van der Waals surface area contributed by atoms with Crippen LogP contribution in [0.15, 0.2) is 6.07 Å². The van der Waals surface area contributed by atoms with E-state index in [9.17, 15) is 0 Å². The van der Waals surface area contributed by atoms with E-state index in [1.54, 1.807) is 0 Å². The van der Waals surface area contributed by atoms with E-state index in [0.717, 1.165) is 29.9 Å². The number of rotatable bonds is 5. The van der Waals surface area contributed by atoms with Crippen molar-refractivity contribution < 1.29 is 0 Å². The molecule has 1 aromatic heterocycles. The van der Waals surface area contributed by atoms with Crippen LogP contribution in [-0.4, -0.2) is 22.6 Å². The quantitative estimate of drug-likeness (QED) is 0.851. The van der Waals surface area contributed by atoms with E-state index < -0.39 is 0 Å². The minimum atomic E-state index is 0.576. The van der Waals surface area contributed by atoms with Gasteiger partial charge in [-0.05, 0) is 45.4 Å². The Morgan fingerprint density at radius 3 is 2.53 bits per heavy atom. The molecule has 0 spiro atoms. The zero-order valence-corrected chi connectivity index (χ0v) is 12.4. The molecular weight excluding hydrogens is 236 g/mol. The molecule has 0 aromatic carbocycles. The maximum atomic E-state index is 4.52. The largest absolute Gasteiger partial charge is 0.367 e. The summed E-state index contributed by atoms with van der Waals surface area (Å²) in [5.74, 6) is 2.62. The Kier molecular flexibility index (Phi) is 5.00. The van der Waals surface area contributed by atoms with E-state index >= 15 is 0 Å². The number of hydrogen-bond donors (Lipinski definition) is 2. The van der Waals surface area contributed by atoms with E-state index in [1.165, 1.54) is 32.1 Å². The summed E-state index contributed by atoms with van der Waals surface area (Å²) in [6.07, 6.45) is 6.54. The summed E-state index contributed by atoms with van der Waals surface area (Å²) in [7, 11) is 0. The SMILES string of the molecule is CCNc1nc(C)cc(NC2CCC(CC)CC2)n1. The molecule has 2 N–H and O–H groups in total. The first-order valence-corrected chi connectivity index (χ1v) is 7.57. The van der Waals surface area contributed by atoms with Crippen LogP contribution < -0.4 is 10.6 Å². The highest BCUT2D eigenvalue weighted by Crippen LogP contribution is 2.28. The molecule has 1 fully saturated rings. The number of nitrogens with one attached hydrogen (secondary N) is 2. The van der Waals surface area contributed by atoms with Gasteiger partial charge in [0.1, 0.15) is 5.82 Å². The lowest BCUT2D eigenvalue weighted by molar-refractivity contribution is 0.330. The van der Waals surface area contributed by atoms with Gasteiger partial charge < -0.3 is 10.6 Å². The second kappa shape index (κ2) is 6.73. The smallest absolute Gasteiger partial charge is 0.224 e. The summed E-state index contributed by atoms with van der Waals surface area (Å²) in [5, 5.41) is 6.75. The molecular formula is C15H26N4. The van der Waals surface area contributed by atoms with E-state index in [2.05, 4.69) is 34.4 Å². The number of aromatic nitrogens is 2. The molecule has 106 valence electrons. The Bertz CT molecular complexity index is 397. The number of nitrogens with zero attached hydrogens (tertiary/aromatic N) is 2. The van der Waals surface area contributed by atoms with Gasteiger partial charge >= 0.3 is 0 Å². The minimum Gasteiger partial charge on any atom is -0.367 e. The fourth-order valence-electron chi connectivity index (χ4n) is 2.80. The van der Waals surface area contributed by atoms with Gasteiger partial charge in [-0.1, -0.05) is 13.3 Å². The lowest BCUT2D eigenvalue weighted by atomic mass is 9.84. The van der Waals surface area contributed by atoms with Crippen molar-refractivity contribution in [3.8, 4) is 0 Å². The molecule has 1 aliphatic rings. The number of anilines is 2. The van der Waals surface area contributed by atoms with Crippen LogP contribution in [-0.2, 0) is 0 Å². The van der Waals surface area contributed by atoms with Crippen LogP contribution in [0.25, 0.3) is 0 Å². The fourth-order valence-corrected chi connectivity index (χ4v) is 2.80. The highest BCUT2D eigenvalue weighted by Gasteiger charge is 2.20. The molecule has 1 saturated carbocycles. The standard InChI is InChI=1S/C15H26N4/c1-4-12-6-8-13(9-7-12)18-14-10-11(3)17-15(19-14)16-5-2/h10,12-13H,4-9H2,1-3H3,(H2,16,17,18,19). The average Bonchev–Trinajstić information content (AvgIpc) is 2.39. The molecule has 0 atom stereocenters. The lowest BCUT2D eigenvalue weighted by Crippen LogP contribution is -2.26. The summed E-state index contributed by atoms with van der Waals surface area (Å²) in [6, 6.07) is 2.61. The van der Waals surface area contributed by atoms with Crippen molar-refractivity contribution in [2.45, 2.75) is 58.9 Å². The van der Waals surface area contributed by atoms with Gasteiger partial charge in [0.05, 0.1) is 0 Å². The van der Waals surface area contributed by atoms with Crippen molar-refractivity contribution in [1.29, 1.82) is 0 Å². The van der Waals surface area contributed by atoms with Crippen molar-refractivity contribution >= 4 is 11.8 Å². The van der Waals surface area contributed by atoms with Gasteiger partial charge in [-0.15, -0.1) is 0 Å². The molecule has 2 rings (SSSR count). The van der Waals surface area contributed by atoms with Gasteiger partial charge in [-0.3, -0.25) is 0 Å². The summed E-state index contributed by atoms with van der Waals surface area (Å²) < 4.78 is 0. The van der Waals surface area contributed by atoms with Crippen LogP contribution in [0.1, 0.15) is 51.6 Å². The molecule has 0 amide bonds. The molecule has 4 nitrogen and oxygen atoms in total. The first-order valence-electron chi connectivity index (χ1n) is 7.57. The molecule has 4 heteroatoms. The third kappa shape index (κ3) is 4.08. The zero-order chi connectivity index (χ0) is 13.7. The minimum absolute atomic E-state index is 0.576. The van der Waals surface area contributed by atoms with Gasteiger partial charge in [0, 0.05) is 24.3 Å². The topological polar surface area (TPSA) is 49.8 Å². The van der Waals surface area contributed by atoms with Gasteiger partial charge in [0.2, 0.25) is 5.95 Å². The summed E-state index contributed by atoms with van der Waals surface area (Å²) in [5.41, 5.74) is 1.01. The van der Waals surface area contributed by atoms with Crippen molar-refractivity contribution in [3.05, 3.63) is 11.8 Å². The molecule has 0 aliphatic heterocycles. The molecule has 1 aliphatic carbocycles. The van der Waals surface area contributed by atoms with Crippen LogP contribution in [0.2, 0.25) is 0 Å². The zero-order valence-electron chi connectivity index (χ0n) is 12.4. The molecule has 1 aromatic rings. The first kappa shape index (κ1) is 14.1. The number of hydrogen-bond acceptors (Lipinski definition) is 4. The van der Waals surface area contributed by atoms with Gasteiger partial charge in [0.15, 0.2) is 0 Å². The third-order valence-electron chi connectivity index (χ3n) is 3.97. The van der Waals surface area contributed by atoms with Crippen molar-refractivity contribution in [2.75, 3.05) is 17.2 Å². The van der Waals surface area contributed by atoms with Crippen LogP contribution in [0, 0.1) is 12.8 Å². The van der Waals surface area contributed by atoms with E-state index in [4.69, 9.17) is 0 Å². The van der Waals surface area contributed by atoms with Crippen LogP contribution in [0.3, 0.4) is 0 Å². The second-order valence-electron chi connectivity index (χ2n) is 5.52. The van der Waals surface area contributed by atoms with E-state index in [1.807, 2.05) is 13.0 Å². The molecule has 0 saturated heterocycles. The number of aryl methyl sites for hydroxylation is 1. The summed E-state index contributed by atoms with van der Waals surface area (Å²) in [6.45, 7) is 7.23.